The molecule has 2 aromatic carbocycles. The fourth-order valence-corrected chi connectivity index (χ4v) is 2.88. The van der Waals surface area contributed by atoms with Gasteiger partial charge in [-0.15, -0.1) is 0 Å². The third-order valence-corrected chi connectivity index (χ3v) is 4.02. The Morgan fingerprint density at radius 1 is 1.12 bits per heavy atom. The van der Waals surface area contributed by atoms with Gasteiger partial charge in [0.1, 0.15) is 5.75 Å². The molecule has 0 atom stereocenters. The van der Waals surface area contributed by atoms with Crippen LogP contribution in [-0.4, -0.2) is 27.4 Å². The Morgan fingerprint density at radius 3 is 2.46 bits per heavy atom. The smallest absolute Gasteiger partial charge is 0.416 e. The Labute approximate surface area is 148 Å². The molecule has 26 heavy (non-hydrogen) atoms. The largest absolute Gasteiger partial charge is 0.496 e. The zero-order valence-electron chi connectivity index (χ0n) is 14.6. The monoisotopic (exact) mass is 364 g/mol. The topological polar surface area (TPSA) is 47.3 Å². The highest BCUT2D eigenvalue weighted by Crippen LogP contribution is 2.37. The van der Waals surface area contributed by atoms with E-state index >= 15 is 0 Å². The molecule has 0 bridgehead atoms. The SMILES string of the molecule is COc1cc(C(F)(F)F)ccc1-c1ccc2c(c1)ncn2CC(C)(C)O. The van der Waals surface area contributed by atoms with Crippen LogP contribution in [0.15, 0.2) is 42.7 Å². The molecule has 0 aliphatic heterocycles. The lowest BCUT2D eigenvalue weighted by molar-refractivity contribution is -0.137. The summed E-state index contributed by atoms with van der Waals surface area (Å²) < 4.78 is 45.7. The van der Waals surface area contributed by atoms with Crippen LogP contribution in [0.3, 0.4) is 0 Å². The molecule has 3 rings (SSSR count). The highest BCUT2D eigenvalue weighted by Gasteiger charge is 2.31. The van der Waals surface area contributed by atoms with E-state index in [1.807, 2.05) is 10.6 Å². The first-order chi connectivity index (χ1) is 12.1. The Kier molecular flexibility index (Phi) is 4.44. The second-order valence-corrected chi connectivity index (χ2v) is 6.80. The third kappa shape index (κ3) is 3.67. The molecule has 0 aliphatic carbocycles. The van der Waals surface area contributed by atoms with Crippen molar-refractivity contribution in [2.75, 3.05) is 7.11 Å². The van der Waals surface area contributed by atoms with Crippen molar-refractivity contribution in [2.45, 2.75) is 32.2 Å². The van der Waals surface area contributed by atoms with Crippen molar-refractivity contribution in [1.29, 1.82) is 0 Å². The minimum absolute atomic E-state index is 0.148. The van der Waals surface area contributed by atoms with Crippen LogP contribution in [0.5, 0.6) is 5.75 Å². The van der Waals surface area contributed by atoms with Gasteiger partial charge >= 0.3 is 6.18 Å². The minimum atomic E-state index is -4.42. The van der Waals surface area contributed by atoms with Crippen molar-refractivity contribution in [3.63, 3.8) is 0 Å². The first kappa shape index (κ1) is 18.3. The van der Waals surface area contributed by atoms with Gasteiger partial charge in [0.2, 0.25) is 0 Å². The van der Waals surface area contributed by atoms with Gasteiger partial charge in [0.25, 0.3) is 0 Å². The standard InChI is InChI=1S/C19H19F3N2O2/c1-18(2,25)10-24-11-23-15-8-12(4-7-16(15)24)14-6-5-13(19(20,21)22)9-17(14)26-3/h4-9,11,25H,10H2,1-3H3. The van der Waals surface area contributed by atoms with E-state index in [1.165, 1.54) is 13.2 Å². The molecule has 0 saturated heterocycles. The average molecular weight is 364 g/mol. The maximum atomic E-state index is 12.9. The zero-order valence-corrected chi connectivity index (χ0v) is 14.6. The number of aliphatic hydroxyl groups is 1. The third-order valence-electron chi connectivity index (χ3n) is 4.02. The zero-order chi connectivity index (χ0) is 19.1. The number of imidazole rings is 1. The summed E-state index contributed by atoms with van der Waals surface area (Å²) in [6, 6.07) is 8.86. The molecule has 7 heteroatoms. The lowest BCUT2D eigenvalue weighted by atomic mass is 10.0. The highest BCUT2D eigenvalue weighted by molar-refractivity contribution is 5.84. The molecule has 0 fully saturated rings. The quantitative estimate of drug-likeness (QED) is 0.741. The van der Waals surface area contributed by atoms with E-state index in [-0.39, 0.29) is 5.75 Å². The van der Waals surface area contributed by atoms with Crippen LogP contribution in [0.1, 0.15) is 19.4 Å². The average Bonchev–Trinajstić information content (AvgIpc) is 2.93. The van der Waals surface area contributed by atoms with E-state index in [4.69, 9.17) is 4.74 Å². The van der Waals surface area contributed by atoms with Crippen molar-refractivity contribution in [2.24, 2.45) is 0 Å². The van der Waals surface area contributed by atoms with Crippen LogP contribution in [0, 0.1) is 0 Å². The maximum absolute atomic E-state index is 12.9. The predicted molar refractivity (Wildman–Crippen MR) is 93.0 cm³/mol. The van der Waals surface area contributed by atoms with Gasteiger partial charge < -0.3 is 14.4 Å². The van der Waals surface area contributed by atoms with Crippen molar-refractivity contribution >= 4 is 11.0 Å². The summed E-state index contributed by atoms with van der Waals surface area (Å²) >= 11 is 0. The van der Waals surface area contributed by atoms with E-state index in [2.05, 4.69) is 4.98 Å². The second-order valence-electron chi connectivity index (χ2n) is 6.80. The fraction of sp³-hybridized carbons (Fsp3) is 0.316. The lowest BCUT2D eigenvalue weighted by Crippen LogP contribution is -2.25. The molecule has 138 valence electrons. The van der Waals surface area contributed by atoms with Gasteiger partial charge in [-0.2, -0.15) is 13.2 Å². The summed E-state index contributed by atoms with van der Waals surface area (Å²) in [5, 5.41) is 9.98. The molecule has 0 unspecified atom stereocenters. The van der Waals surface area contributed by atoms with Gasteiger partial charge in [-0.3, -0.25) is 0 Å². The van der Waals surface area contributed by atoms with Crippen LogP contribution < -0.4 is 4.74 Å². The Hall–Kier alpha value is -2.54. The lowest BCUT2D eigenvalue weighted by Gasteiger charge is -2.18. The van der Waals surface area contributed by atoms with Gasteiger partial charge in [-0.05, 0) is 43.7 Å². The Morgan fingerprint density at radius 2 is 1.85 bits per heavy atom. The molecule has 4 nitrogen and oxygen atoms in total. The van der Waals surface area contributed by atoms with Crippen molar-refractivity contribution in [1.82, 2.24) is 9.55 Å². The molecule has 0 spiro atoms. The number of benzene rings is 2. The number of fused-ring (bicyclic) bond motifs is 1. The Balaban J connectivity index is 2.03. The number of rotatable bonds is 4. The van der Waals surface area contributed by atoms with E-state index < -0.39 is 17.3 Å². The van der Waals surface area contributed by atoms with E-state index in [0.29, 0.717) is 23.2 Å². The van der Waals surface area contributed by atoms with Crippen molar-refractivity contribution in [3.05, 3.63) is 48.3 Å². The molecule has 0 aliphatic rings. The summed E-state index contributed by atoms with van der Waals surface area (Å²) in [7, 11) is 1.34. The van der Waals surface area contributed by atoms with Crippen molar-refractivity contribution < 1.29 is 23.0 Å². The fourth-order valence-electron chi connectivity index (χ4n) is 2.88. The second kappa shape index (κ2) is 6.32. The molecular weight excluding hydrogens is 345 g/mol. The van der Waals surface area contributed by atoms with Crippen LogP contribution in [-0.2, 0) is 12.7 Å². The van der Waals surface area contributed by atoms with Crippen LogP contribution >= 0.6 is 0 Å². The number of hydrogen-bond acceptors (Lipinski definition) is 3. The van der Waals surface area contributed by atoms with Crippen molar-refractivity contribution in [3.8, 4) is 16.9 Å². The number of methoxy groups -OCH3 is 1. The Bertz CT molecular complexity index is 940. The van der Waals surface area contributed by atoms with Gasteiger partial charge in [-0.1, -0.05) is 12.1 Å². The molecule has 0 amide bonds. The normalized spacial score (nSPS) is 12.6. The molecule has 0 radical (unpaired) electrons. The maximum Gasteiger partial charge on any atom is 0.416 e. The predicted octanol–water partition coefficient (Wildman–Crippen LogP) is 4.50. The minimum Gasteiger partial charge on any atom is -0.496 e. The molecule has 1 N–H and O–H groups in total. The summed E-state index contributed by atoms with van der Waals surface area (Å²) in [4.78, 5) is 4.33. The number of hydrogen-bond donors (Lipinski definition) is 1. The molecule has 3 aromatic rings. The summed E-state index contributed by atoms with van der Waals surface area (Å²) in [6.07, 6.45) is -2.79. The molecule has 1 heterocycles. The highest BCUT2D eigenvalue weighted by atomic mass is 19.4. The summed E-state index contributed by atoms with van der Waals surface area (Å²) in [5.74, 6) is 0.148. The number of ether oxygens (including phenoxy) is 1. The van der Waals surface area contributed by atoms with Gasteiger partial charge in [0.05, 0.1) is 42.2 Å². The van der Waals surface area contributed by atoms with E-state index in [9.17, 15) is 18.3 Å². The number of alkyl halides is 3. The first-order valence-electron chi connectivity index (χ1n) is 8.01. The summed E-state index contributed by atoms with van der Waals surface area (Å²) in [6.45, 7) is 3.80. The number of nitrogens with zero attached hydrogens (tertiary/aromatic N) is 2. The van der Waals surface area contributed by atoms with Gasteiger partial charge in [0, 0.05) is 5.56 Å². The molecule has 1 aromatic heterocycles. The summed E-state index contributed by atoms with van der Waals surface area (Å²) in [5.41, 5.74) is 1.14. The first-order valence-corrected chi connectivity index (χ1v) is 8.01. The van der Waals surface area contributed by atoms with Crippen LogP contribution in [0.2, 0.25) is 0 Å². The van der Waals surface area contributed by atoms with Gasteiger partial charge in [-0.25, -0.2) is 4.98 Å². The van der Waals surface area contributed by atoms with Gasteiger partial charge in [0.15, 0.2) is 0 Å². The molecular formula is C19H19F3N2O2. The van der Waals surface area contributed by atoms with E-state index in [0.717, 1.165) is 17.6 Å². The van der Waals surface area contributed by atoms with Crippen LogP contribution in [0.25, 0.3) is 22.2 Å². The van der Waals surface area contributed by atoms with E-state index in [1.54, 1.807) is 32.3 Å². The molecule has 0 saturated carbocycles. The van der Waals surface area contributed by atoms with Crippen LogP contribution in [0.4, 0.5) is 13.2 Å². The number of aromatic nitrogens is 2. The number of halogens is 3.